The van der Waals surface area contributed by atoms with Crippen LogP contribution >= 0.6 is 11.6 Å². The summed E-state index contributed by atoms with van der Waals surface area (Å²) in [5, 5.41) is 0.489. The molecule has 0 unspecified atom stereocenters. The van der Waals surface area contributed by atoms with Crippen molar-refractivity contribution in [2.24, 2.45) is 11.8 Å². The van der Waals surface area contributed by atoms with Crippen LogP contribution in [0.3, 0.4) is 0 Å². The molecule has 2 heterocycles. The summed E-state index contributed by atoms with van der Waals surface area (Å²) >= 11 is 6.44. The number of carbonyl (C=O) groups excluding carboxylic acids is 2. The van der Waals surface area contributed by atoms with E-state index in [0.717, 1.165) is 5.56 Å². The zero-order valence-electron chi connectivity index (χ0n) is 15.2. The minimum Gasteiger partial charge on any atom is -0.493 e. The molecule has 0 radical (unpaired) electrons. The normalized spacial score (nSPS) is 22.8. The van der Waals surface area contributed by atoms with Crippen LogP contribution in [0.4, 0.5) is 0 Å². The van der Waals surface area contributed by atoms with Gasteiger partial charge in [0.25, 0.3) is 0 Å². The van der Waals surface area contributed by atoms with E-state index in [9.17, 15) is 9.59 Å². The van der Waals surface area contributed by atoms with Gasteiger partial charge in [-0.15, -0.1) is 0 Å². The van der Waals surface area contributed by atoms with Crippen LogP contribution in [-0.4, -0.2) is 69.2 Å². The molecule has 8 heteroatoms. The predicted octanol–water partition coefficient (Wildman–Crippen LogP) is 1.42. The summed E-state index contributed by atoms with van der Waals surface area (Å²) in [7, 11) is 4.65. The minimum atomic E-state index is -0.279. The summed E-state index contributed by atoms with van der Waals surface area (Å²) in [4.78, 5) is 28.4. The zero-order valence-corrected chi connectivity index (χ0v) is 15.9. The Balaban J connectivity index is 1.70. The van der Waals surface area contributed by atoms with Gasteiger partial charge in [-0.05, 0) is 11.6 Å². The van der Waals surface area contributed by atoms with E-state index >= 15 is 0 Å². The fourth-order valence-electron chi connectivity index (χ4n) is 3.72. The maximum absolute atomic E-state index is 12.5. The van der Waals surface area contributed by atoms with Crippen molar-refractivity contribution < 1.29 is 23.8 Å². The van der Waals surface area contributed by atoms with Crippen LogP contribution in [0.15, 0.2) is 12.1 Å². The zero-order chi connectivity index (χ0) is 18.8. The number of hydrogen-bond acceptors (Lipinski definition) is 6. The quantitative estimate of drug-likeness (QED) is 0.664. The molecule has 2 saturated heterocycles. The largest absolute Gasteiger partial charge is 0.493 e. The van der Waals surface area contributed by atoms with Crippen LogP contribution < -0.4 is 9.47 Å². The SMILES string of the molecule is COCCN1C(=O)[C@H]2CN(Cc3ccc(OC)c(OC)c3Cl)C[C@H]2C1=O. The van der Waals surface area contributed by atoms with E-state index in [0.29, 0.717) is 49.3 Å². The van der Waals surface area contributed by atoms with Crippen molar-refractivity contribution >= 4 is 23.4 Å². The fraction of sp³-hybridized carbons (Fsp3) is 0.556. The monoisotopic (exact) mass is 382 g/mol. The van der Waals surface area contributed by atoms with Gasteiger partial charge in [-0.2, -0.15) is 0 Å². The van der Waals surface area contributed by atoms with Gasteiger partial charge in [-0.1, -0.05) is 17.7 Å². The summed E-state index contributed by atoms with van der Waals surface area (Å²) in [5.74, 6) is 0.301. The molecule has 0 saturated carbocycles. The Morgan fingerprint density at radius 2 is 1.73 bits per heavy atom. The van der Waals surface area contributed by atoms with Crippen LogP contribution in [0.1, 0.15) is 5.56 Å². The first kappa shape index (κ1) is 18.9. The lowest BCUT2D eigenvalue weighted by molar-refractivity contribution is -0.141. The number of benzene rings is 1. The molecule has 0 bridgehead atoms. The molecule has 0 aromatic heterocycles. The van der Waals surface area contributed by atoms with E-state index in [1.54, 1.807) is 27.4 Å². The minimum absolute atomic E-state index is 0.0991. The van der Waals surface area contributed by atoms with Gasteiger partial charge >= 0.3 is 0 Å². The second-order valence-corrected chi connectivity index (χ2v) is 6.88. The van der Waals surface area contributed by atoms with E-state index < -0.39 is 0 Å². The number of imide groups is 1. The number of ether oxygens (including phenoxy) is 3. The molecular formula is C18H23ClN2O5. The van der Waals surface area contributed by atoms with Crippen LogP contribution in [0.2, 0.25) is 5.02 Å². The lowest BCUT2D eigenvalue weighted by atomic mass is 10.00. The van der Waals surface area contributed by atoms with E-state index in [-0.39, 0.29) is 23.7 Å². The molecule has 0 spiro atoms. The van der Waals surface area contributed by atoms with E-state index in [2.05, 4.69) is 4.90 Å². The lowest BCUT2D eigenvalue weighted by Crippen LogP contribution is -2.37. The number of likely N-dealkylation sites (tertiary alicyclic amines) is 2. The Morgan fingerprint density at radius 3 is 2.27 bits per heavy atom. The van der Waals surface area contributed by atoms with Crippen molar-refractivity contribution in [1.29, 1.82) is 0 Å². The van der Waals surface area contributed by atoms with Crippen molar-refractivity contribution in [2.45, 2.75) is 6.54 Å². The Labute approximate surface area is 157 Å². The first-order chi connectivity index (χ1) is 12.5. The number of halogens is 1. The van der Waals surface area contributed by atoms with Gasteiger partial charge in [0, 0.05) is 26.7 Å². The van der Waals surface area contributed by atoms with Gasteiger partial charge in [0.05, 0.1) is 44.2 Å². The summed E-state index contributed by atoms with van der Waals surface area (Å²) < 4.78 is 15.6. The van der Waals surface area contributed by atoms with Gasteiger partial charge < -0.3 is 14.2 Å². The van der Waals surface area contributed by atoms with E-state index in [1.165, 1.54) is 4.90 Å². The highest BCUT2D eigenvalue weighted by atomic mass is 35.5. The molecule has 2 aliphatic heterocycles. The lowest BCUT2D eigenvalue weighted by Gasteiger charge is -2.21. The van der Waals surface area contributed by atoms with Crippen molar-refractivity contribution in [3.8, 4) is 11.5 Å². The molecule has 2 aliphatic rings. The molecular weight excluding hydrogens is 360 g/mol. The summed E-state index contributed by atoms with van der Waals surface area (Å²) in [6, 6.07) is 3.69. The van der Waals surface area contributed by atoms with Crippen LogP contribution in [-0.2, 0) is 20.9 Å². The molecule has 0 N–H and O–H groups in total. The van der Waals surface area contributed by atoms with Crippen molar-refractivity contribution in [3.63, 3.8) is 0 Å². The average molecular weight is 383 g/mol. The first-order valence-electron chi connectivity index (χ1n) is 8.47. The highest BCUT2D eigenvalue weighted by Crippen LogP contribution is 2.39. The second kappa shape index (κ2) is 7.82. The molecule has 142 valence electrons. The third-order valence-electron chi connectivity index (χ3n) is 5.04. The van der Waals surface area contributed by atoms with Gasteiger partial charge in [0.1, 0.15) is 0 Å². The fourth-order valence-corrected chi connectivity index (χ4v) is 4.01. The standard InChI is InChI=1S/C18H23ClN2O5/c1-24-7-6-21-17(22)12-9-20(10-13(12)18(21)23)8-11-4-5-14(25-2)16(26-3)15(11)19/h4-5,12-13H,6-10H2,1-3H3/t12-,13+. The van der Waals surface area contributed by atoms with Crippen LogP contribution in [0.5, 0.6) is 11.5 Å². The Morgan fingerprint density at radius 1 is 1.08 bits per heavy atom. The number of hydrogen-bond donors (Lipinski definition) is 0. The van der Waals surface area contributed by atoms with E-state index in [1.807, 2.05) is 6.07 Å². The van der Waals surface area contributed by atoms with Crippen molar-refractivity contribution in [2.75, 3.05) is 47.6 Å². The summed E-state index contributed by atoms with van der Waals surface area (Å²) in [5.41, 5.74) is 0.875. The molecule has 1 aromatic carbocycles. The molecule has 2 fully saturated rings. The summed E-state index contributed by atoms with van der Waals surface area (Å²) in [6.45, 7) is 2.32. The van der Waals surface area contributed by atoms with Gasteiger partial charge in [-0.25, -0.2) is 0 Å². The third-order valence-corrected chi connectivity index (χ3v) is 5.45. The van der Waals surface area contributed by atoms with E-state index in [4.69, 9.17) is 25.8 Å². The van der Waals surface area contributed by atoms with Crippen LogP contribution in [0, 0.1) is 11.8 Å². The maximum Gasteiger partial charge on any atom is 0.234 e. The number of rotatable bonds is 7. The second-order valence-electron chi connectivity index (χ2n) is 6.50. The number of fused-ring (bicyclic) bond motifs is 1. The molecule has 7 nitrogen and oxygen atoms in total. The maximum atomic E-state index is 12.5. The number of amides is 2. The molecule has 2 atom stereocenters. The van der Waals surface area contributed by atoms with Gasteiger partial charge in [0.2, 0.25) is 11.8 Å². The van der Waals surface area contributed by atoms with Gasteiger partial charge in [-0.3, -0.25) is 19.4 Å². The number of carbonyl (C=O) groups is 2. The molecule has 2 amide bonds. The first-order valence-corrected chi connectivity index (χ1v) is 8.85. The average Bonchev–Trinajstić information content (AvgIpc) is 3.14. The van der Waals surface area contributed by atoms with Crippen molar-refractivity contribution in [1.82, 2.24) is 9.80 Å². The highest BCUT2D eigenvalue weighted by molar-refractivity contribution is 6.33. The molecule has 1 aromatic rings. The predicted molar refractivity (Wildman–Crippen MR) is 95.4 cm³/mol. The number of nitrogens with zero attached hydrogens (tertiary/aromatic N) is 2. The molecule has 0 aliphatic carbocycles. The topological polar surface area (TPSA) is 68.3 Å². The molecule has 26 heavy (non-hydrogen) atoms. The number of methoxy groups -OCH3 is 3. The Hall–Kier alpha value is -1.83. The Kier molecular flexibility index (Phi) is 5.70. The van der Waals surface area contributed by atoms with Crippen molar-refractivity contribution in [3.05, 3.63) is 22.7 Å². The van der Waals surface area contributed by atoms with Crippen LogP contribution in [0.25, 0.3) is 0 Å². The smallest absolute Gasteiger partial charge is 0.234 e. The van der Waals surface area contributed by atoms with Gasteiger partial charge in [0.15, 0.2) is 11.5 Å². The Bertz CT molecular complexity index is 687. The summed E-state index contributed by atoms with van der Waals surface area (Å²) in [6.07, 6.45) is 0. The third kappa shape index (κ3) is 3.26. The molecule has 3 rings (SSSR count). The highest BCUT2D eigenvalue weighted by Gasteiger charge is 2.51.